The number of para-hydroxylation sites is 2. The number of benzene rings is 2. The molecule has 0 bridgehead atoms. The van der Waals surface area contributed by atoms with Crippen LogP contribution in [0.15, 0.2) is 54.7 Å². The number of fused-ring (bicyclic) bond motifs is 4. The molecule has 5 rings (SSSR count). The number of aromatic amines is 2. The van der Waals surface area contributed by atoms with Crippen molar-refractivity contribution in [2.24, 2.45) is 5.73 Å². The van der Waals surface area contributed by atoms with Gasteiger partial charge < -0.3 is 25.9 Å². The number of carboxylic acid groups (broad SMARTS) is 2. The lowest BCUT2D eigenvalue weighted by Crippen LogP contribution is -2.41. The summed E-state index contributed by atoms with van der Waals surface area (Å²) >= 11 is 0. The predicted octanol–water partition coefficient (Wildman–Crippen LogP) is 2.39. The Morgan fingerprint density at radius 1 is 1.03 bits per heavy atom. The fourth-order valence-corrected chi connectivity index (χ4v) is 3.94. The van der Waals surface area contributed by atoms with E-state index in [0.717, 1.165) is 38.6 Å². The number of aliphatic carboxylic acids is 2. The van der Waals surface area contributed by atoms with Crippen molar-refractivity contribution >= 4 is 33.7 Å². The summed E-state index contributed by atoms with van der Waals surface area (Å²) in [5.41, 5.74) is 10.8. The van der Waals surface area contributed by atoms with Gasteiger partial charge in [-0.15, -0.1) is 0 Å². The van der Waals surface area contributed by atoms with E-state index in [1.165, 1.54) is 0 Å². The zero-order valence-electron chi connectivity index (χ0n) is 16.8. The Morgan fingerprint density at radius 3 is 2.42 bits per heavy atom. The monoisotopic (exact) mass is 420 g/mol. The molecular weight excluding hydrogens is 396 g/mol. The first-order chi connectivity index (χ1) is 14.9. The molecule has 0 fully saturated rings. The van der Waals surface area contributed by atoms with Crippen molar-refractivity contribution in [2.45, 2.75) is 31.5 Å². The average molecular weight is 420 g/mol. The lowest BCUT2D eigenvalue weighted by Gasteiger charge is -2.20. The number of rotatable bonds is 4. The Morgan fingerprint density at radius 2 is 1.71 bits per heavy atom. The topological polar surface area (TPSA) is 144 Å². The summed E-state index contributed by atoms with van der Waals surface area (Å²) in [6, 6.07) is 14.5. The van der Waals surface area contributed by atoms with E-state index in [1.807, 2.05) is 54.7 Å². The third kappa shape index (κ3) is 4.30. The second kappa shape index (κ2) is 8.63. The maximum atomic E-state index is 10.9. The maximum Gasteiger partial charge on any atom is 0.321 e. The molecule has 2 atom stereocenters. The summed E-state index contributed by atoms with van der Waals surface area (Å²) in [6.45, 7) is 0.598. The second-order valence-corrected chi connectivity index (χ2v) is 7.61. The highest BCUT2D eigenvalue weighted by Gasteiger charge is 2.26. The lowest BCUT2D eigenvalue weighted by molar-refractivity contribution is -0.140. The molecule has 0 amide bonds. The van der Waals surface area contributed by atoms with Gasteiger partial charge in [0, 0.05) is 53.1 Å². The van der Waals surface area contributed by atoms with Gasteiger partial charge in [0.1, 0.15) is 12.1 Å². The van der Waals surface area contributed by atoms with Gasteiger partial charge >= 0.3 is 11.9 Å². The van der Waals surface area contributed by atoms with Gasteiger partial charge in [0.25, 0.3) is 0 Å². The quantitative estimate of drug-likeness (QED) is 0.299. The van der Waals surface area contributed by atoms with Crippen LogP contribution >= 0.6 is 0 Å². The normalized spacial score (nSPS) is 16.4. The van der Waals surface area contributed by atoms with Gasteiger partial charge in [-0.25, -0.2) is 0 Å². The number of aromatic nitrogens is 2. The SMILES string of the molecule is N[C@@H](Cc1c[nH]c2ccccc12)C(=O)O.O=C(O)[C@@H]1Cc2c([nH]c3ccccc23)CN1. The third-order valence-electron chi connectivity index (χ3n) is 5.57. The van der Waals surface area contributed by atoms with E-state index < -0.39 is 24.0 Å². The first kappa shape index (κ1) is 20.6. The molecule has 3 heterocycles. The van der Waals surface area contributed by atoms with Crippen LogP contribution in [0.4, 0.5) is 0 Å². The molecule has 0 radical (unpaired) electrons. The zero-order chi connectivity index (χ0) is 22.0. The summed E-state index contributed by atoms with van der Waals surface area (Å²) in [7, 11) is 0. The molecular formula is C23H24N4O4. The average Bonchev–Trinajstić information content (AvgIpc) is 3.35. The van der Waals surface area contributed by atoms with Crippen molar-refractivity contribution in [3.63, 3.8) is 0 Å². The molecule has 0 saturated carbocycles. The fourth-order valence-electron chi connectivity index (χ4n) is 3.94. The molecule has 2 aromatic heterocycles. The summed E-state index contributed by atoms with van der Waals surface area (Å²) < 4.78 is 0. The van der Waals surface area contributed by atoms with Crippen molar-refractivity contribution in [3.05, 3.63) is 71.5 Å². The summed E-state index contributed by atoms with van der Waals surface area (Å²) in [5.74, 6) is -1.75. The molecule has 1 aliphatic heterocycles. The number of nitrogens with one attached hydrogen (secondary N) is 3. The van der Waals surface area contributed by atoms with Crippen LogP contribution in [0.1, 0.15) is 16.8 Å². The molecule has 0 spiro atoms. The molecule has 0 saturated heterocycles. The highest BCUT2D eigenvalue weighted by Crippen LogP contribution is 2.26. The number of carbonyl (C=O) groups is 2. The number of H-pyrrole nitrogens is 2. The Bertz CT molecular complexity index is 1240. The van der Waals surface area contributed by atoms with Gasteiger partial charge in [-0.05, 0) is 23.3 Å². The Labute approximate surface area is 178 Å². The number of nitrogens with two attached hydrogens (primary N) is 1. The van der Waals surface area contributed by atoms with Gasteiger partial charge in [0.15, 0.2) is 0 Å². The minimum Gasteiger partial charge on any atom is -0.480 e. The number of hydrogen-bond donors (Lipinski definition) is 6. The highest BCUT2D eigenvalue weighted by atomic mass is 16.4. The highest BCUT2D eigenvalue weighted by molar-refractivity contribution is 5.86. The number of carboxylic acids is 2. The van der Waals surface area contributed by atoms with Crippen molar-refractivity contribution in [3.8, 4) is 0 Å². The van der Waals surface area contributed by atoms with E-state index in [4.69, 9.17) is 15.9 Å². The third-order valence-corrected chi connectivity index (χ3v) is 5.57. The van der Waals surface area contributed by atoms with E-state index in [9.17, 15) is 9.59 Å². The second-order valence-electron chi connectivity index (χ2n) is 7.61. The minimum absolute atomic E-state index is 0.347. The molecule has 1 aliphatic rings. The smallest absolute Gasteiger partial charge is 0.321 e. The Hall–Kier alpha value is -3.62. The first-order valence-electron chi connectivity index (χ1n) is 10.0. The van der Waals surface area contributed by atoms with E-state index in [0.29, 0.717) is 19.4 Å². The first-order valence-corrected chi connectivity index (χ1v) is 10.0. The van der Waals surface area contributed by atoms with E-state index in [-0.39, 0.29) is 0 Å². The summed E-state index contributed by atoms with van der Waals surface area (Å²) in [5, 5.41) is 22.9. The Kier molecular flexibility index (Phi) is 5.75. The van der Waals surface area contributed by atoms with Crippen LogP contribution in [0.3, 0.4) is 0 Å². The molecule has 2 aromatic carbocycles. The molecule has 0 aliphatic carbocycles. The van der Waals surface area contributed by atoms with Crippen LogP contribution in [0.5, 0.6) is 0 Å². The van der Waals surface area contributed by atoms with Gasteiger partial charge in [0.05, 0.1) is 0 Å². The van der Waals surface area contributed by atoms with Gasteiger partial charge in [-0.2, -0.15) is 0 Å². The van der Waals surface area contributed by atoms with Crippen LogP contribution in [0, 0.1) is 0 Å². The molecule has 160 valence electrons. The predicted molar refractivity (Wildman–Crippen MR) is 118 cm³/mol. The van der Waals surface area contributed by atoms with E-state index in [1.54, 1.807) is 0 Å². The maximum absolute atomic E-state index is 10.9. The van der Waals surface area contributed by atoms with E-state index >= 15 is 0 Å². The molecule has 4 aromatic rings. The van der Waals surface area contributed by atoms with Gasteiger partial charge in [-0.3, -0.25) is 14.9 Å². The fraction of sp³-hybridized carbons (Fsp3) is 0.217. The molecule has 31 heavy (non-hydrogen) atoms. The van der Waals surface area contributed by atoms with Crippen LogP contribution in [0.2, 0.25) is 0 Å². The van der Waals surface area contributed by atoms with Crippen LogP contribution < -0.4 is 11.1 Å². The standard InChI is InChI=1S/C12H12N2O2.C11H12N2O2/c15-12(16)10-5-8-7-3-1-2-4-9(7)14-11(8)6-13-10;12-9(11(14)15)5-7-6-13-10-4-2-1-3-8(7)10/h1-4,10,13-14H,5-6H2,(H,15,16);1-4,6,9,13H,5,12H2,(H,14,15)/t10-;9-/m00/s1. The largest absolute Gasteiger partial charge is 0.480 e. The molecule has 8 heteroatoms. The minimum atomic E-state index is -0.972. The van der Waals surface area contributed by atoms with Crippen molar-refractivity contribution < 1.29 is 19.8 Å². The number of hydrogen-bond acceptors (Lipinski definition) is 4. The van der Waals surface area contributed by atoms with Crippen molar-refractivity contribution in [1.29, 1.82) is 0 Å². The summed E-state index contributed by atoms with van der Waals surface area (Å²) in [6.07, 6.45) is 2.71. The van der Waals surface area contributed by atoms with Crippen molar-refractivity contribution in [2.75, 3.05) is 0 Å². The molecule has 0 unspecified atom stereocenters. The van der Waals surface area contributed by atoms with Crippen LogP contribution in [0.25, 0.3) is 21.8 Å². The van der Waals surface area contributed by atoms with Crippen LogP contribution in [-0.2, 0) is 29.0 Å². The summed E-state index contributed by atoms with van der Waals surface area (Å²) in [4.78, 5) is 28.0. The Balaban J connectivity index is 0.000000150. The lowest BCUT2D eigenvalue weighted by atomic mass is 9.99. The van der Waals surface area contributed by atoms with Gasteiger partial charge in [0.2, 0.25) is 0 Å². The molecule has 7 N–H and O–H groups in total. The van der Waals surface area contributed by atoms with Crippen LogP contribution in [-0.4, -0.2) is 44.2 Å². The molecule has 8 nitrogen and oxygen atoms in total. The zero-order valence-corrected chi connectivity index (χ0v) is 16.8. The van der Waals surface area contributed by atoms with E-state index in [2.05, 4.69) is 15.3 Å². The van der Waals surface area contributed by atoms with Gasteiger partial charge in [-0.1, -0.05) is 36.4 Å². The van der Waals surface area contributed by atoms with Crippen molar-refractivity contribution in [1.82, 2.24) is 15.3 Å².